The Morgan fingerprint density at radius 1 is 1.39 bits per heavy atom. The molecule has 0 bridgehead atoms. The predicted molar refractivity (Wildman–Crippen MR) is 95.0 cm³/mol. The topological polar surface area (TPSA) is 40.1 Å². The summed E-state index contributed by atoms with van der Waals surface area (Å²) in [6, 6.07) is 8.61. The van der Waals surface area contributed by atoms with E-state index in [0.717, 1.165) is 38.8 Å². The van der Waals surface area contributed by atoms with Crippen molar-refractivity contribution >= 4 is 11.6 Å². The molecule has 1 N–H and O–H groups in total. The molecule has 5 nitrogen and oxygen atoms in total. The Morgan fingerprint density at radius 3 is 2.96 bits per heavy atom. The summed E-state index contributed by atoms with van der Waals surface area (Å²) < 4.78 is 5.62. The zero-order valence-electron chi connectivity index (χ0n) is 14.5. The minimum absolute atomic E-state index is 0.364. The first-order chi connectivity index (χ1) is 11.1. The number of rotatable bonds is 3. The molecule has 1 aromatic carbocycles. The van der Waals surface area contributed by atoms with Crippen molar-refractivity contribution in [3.05, 3.63) is 29.8 Å². The van der Waals surface area contributed by atoms with Gasteiger partial charge in [-0.25, -0.2) is 0 Å². The fourth-order valence-electron chi connectivity index (χ4n) is 3.55. The van der Waals surface area contributed by atoms with Crippen LogP contribution in [0.5, 0.6) is 0 Å². The molecule has 0 aliphatic carbocycles. The quantitative estimate of drug-likeness (QED) is 0.683. The van der Waals surface area contributed by atoms with Gasteiger partial charge >= 0.3 is 0 Å². The van der Waals surface area contributed by atoms with Crippen LogP contribution >= 0.6 is 0 Å². The van der Waals surface area contributed by atoms with Crippen LogP contribution in [0.25, 0.3) is 0 Å². The van der Waals surface area contributed by atoms with Gasteiger partial charge in [-0.05, 0) is 30.5 Å². The summed E-state index contributed by atoms with van der Waals surface area (Å²) in [5, 5.41) is 3.52. The third-order valence-electron chi connectivity index (χ3n) is 5.01. The van der Waals surface area contributed by atoms with E-state index in [0.29, 0.717) is 5.41 Å². The van der Waals surface area contributed by atoms with E-state index in [1.165, 1.54) is 24.1 Å². The van der Waals surface area contributed by atoms with Crippen molar-refractivity contribution in [2.75, 3.05) is 52.3 Å². The molecule has 2 aliphatic rings. The Bertz CT molecular complexity index is 564. The van der Waals surface area contributed by atoms with Crippen LogP contribution in [0.1, 0.15) is 18.4 Å². The average molecular weight is 316 g/mol. The van der Waals surface area contributed by atoms with Crippen LogP contribution in [-0.2, 0) is 11.3 Å². The minimum atomic E-state index is 0.364. The third kappa shape index (κ3) is 3.61. The first kappa shape index (κ1) is 16.1. The van der Waals surface area contributed by atoms with E-state index in [4.69, 9.17) is 4.74 Å². The highest BCUT2D eigenvalue weighted by Crippen LogP contribution is 2.38. The van der Waals surface area contributed by atoms with Gasteiger partial charge in [-0.15, -0.1) is 0 Å². The van der Waals surface area contributed by atoms with Crippen molar-refractivity contribution in [2.24, 2.45) is 10.4 Å². The molecule has 1 atom stereocenters. The molecule has 0 aromatic heterocycles. The molecule has 2 heterocycles. The molecule has 1 aromatic rings. The fraction of sp³-hybridized carbons (Fsp3) is 0.611. The standard InChI is InChI=1S/C18H28N4O/c1-19-17(22-9-7-18(13-22)8-10-23-14-18)20-12-15-5-4-6-16(11-15)21(2)3/h4-6,11H,7-10,12-14H2,1-3H3,(H,19,20). The average Bonchev–Trinajstić information content (AvgIpc) is 3.19. The Kier molecular flexibility index (Phi) is 4.76. The van der Waals surface area contributed by atoms with Crippen molar-refractivity contribution in [2.45, 2.75) is 19.4 Å². The summed E-state index contributed by atoms with van der Waals surface area (Å²) >= 11 is 0. The number of likely N-dealkylation sites (tertiary alicyclic amines) is 1. The number of ether oxygens (including phenoxy) is 1. The Morgan fingerprint density at radius 2 is 2.26 bits per heavy atom. The van der Waals surface area contributed by atoms with Crippen molar-refractivity contribution in [1.29, 1.82) is 0 Å². The Balaban J connectivity index is 1.59. The molecular weight excluding hydrogens is 288 g/mol. The molecule has 1 unspecified atom stereocenters. The maximum Gasteiger partial charge on any atom is 0.193 e. The van der Waals surface area contributed by atoms with Crippen molar-refractivity contribution in [1.82, 2.24) is 10.2 Å². The van der Waals surface area contributed by atoms with Gasteiger partial charge < -0.3 is 19.9 Å². The summed E-state index contributed by atoms with van der Waals surface area (Å²) in [4.78, 5) is 8.98. The number of aliphatic imine (C=N–C) groups is 1. The summed E-state index contributed by atoms with van der Waals surface area (Å²) in [6.07, 6.45) is 2.40. The van der Waals surface area contributed by atoms with Gasteiger partial charge in [0.15, 0.2) is 5.96 Å². The molecule has 2 fully saturated rings. The van der Waals surface area contributed by atoms with Gasteiger partial charge in [0.05, 0.1) is 6.61 Å². The van der Waals surface area contributed by atoms with E-state index < -0.39 is 0 Å². The van der Waals surface area contributed by atoms with Crippen LogP contribution in [0.15, 0.2) is 29.3 Å². The molecule has 2 aliphatic heterocycles. The van der Waals surface area contributed by atoms with Gasteiger partial charge in [0.1, 0.15) is 0 Å². The zero-order chi connectivity index (χ0) is 16.3. The molecule has 1 spiro atoms. The monoisotopic (exact) mass is 316 g/mol. The van der Waals surface area contributed by atoms with Crippen LogP contribution in [0.3, 0.4) is 0 Å². The number of benzene rings is 1. The fourth-order valence-corrected chi connectivity index (χ4v) is 3.55. The molecule has 2 saturated heterocycles. The highest BCUT2D eigenvalue weighted by Gasteiger charge is 2.42. The van der Waals surface area contributed by atoms with E-state index in [2.05, 4.69) is 58.5 Å². The summed E-state index contributed by atoms with van der Waals surface area (Å²) in [7, 11) is 6.01. The van der Waals surface area contributed by atoms with Crippen LogP contribution in [-0.4, -0.2) is 58.3 Å². The van der Waals surface area contributed by atoms with Gasteiger partial charge in [0, 0.05) is 58.5 Å². The van der Waals surface area contributed by atoms with Crippen molar-refractivity contribution < 1.29 is 4.74 Å². The lowest BCUT2D eigenvalue weighted by molar-refractivity contribution is 0.156. The summed E-state index contributed by atoms with van der Waals surface area (Å²) in [5.41, 5.74) is 2.86. The molecular formula is C18H28N4O. The van der Waals surface area contributed by atoms with Crippen LogP contribution in [0.4, 0.5) is 5.69 Å². The van der Waals surface area contributed by atoms with Gasteiger partial charge in [-0.2, -0.15) is 0 Å². The van der Waals surface area contributed by atoms with Gasteiger partial charge in [-0.3, -0.25) is 4.99 Å². The molecule has 0 saturated carbocycles. The van der Waals surface area contributed by atoms with E-state index in [1.54, 1.807) is 0 Å². The highest BCUT2D eigenvalue weighted by molar-refractivity contribution is 5.80. The van der Waals surface area contributed by atoms with Crippen LogP contribution in [0, 0.1) is 5.41 Å². The zero-order valence-corrected chi connectivity index (χ0v) is 14.5. The normalized spacial score (nSPS) is 24.5. The Hall–Kier alpha value is -1.75. The SMILES string of the molecule is CN=C(NCc1cccc(N(C)C)c1)N1CCC2(CCOC2)C1. The number of hydrogen-bond donors (Lipinski definition) is 1. The maximum absolute atomic E-state index is 5.62. The Labute approximate surface area is 139 Å². The number of nitrogens with zero attached hydrogens (tertiary/aromatic N) is 3. The van der Waals surface area contributed by atoms with Crippen LogP contribution in [0.2, 0.25) is 0 Å². The number of anilines is 1. The largest absolute Gasteiger partial charge is 0.381 e. The first-order valence-corrected chi connectivity index (χ1v) is 8.41. The molecule has 0 amide bonds. The molecule has 0 radical (unpaired) electrons. The van der Waals surface area contributed by atoms with E-state index in [1.807, 2.05) is 7.05 Å². The van der Waals surface area contributed by atoms with Gasteiger partial charge in [0.2, 0.25) is 0 Å². The highest BCUT2D eigenvalue weighted by atomic mass is 16.5. The van der Waals surface area contributed by atoms with Gasteiger partial charge in [-0.1, -0.05) is 12.1 Å². The molecule has 126 valence electrons. The predicted octanol–water partition coefficient (Wildman–Crippen LogP) is 1.94. The second-order valence-corrected chi connectivity index (χ2v) is 6.94. The minimum Gasteiger partial charge on any atom is -0.381 e. The van der Waals surface area contributed by atoms with E-state index in [-0.39, 0.29) is 0 Å². The number of nitrogens with one attached hydrogen (secondary N) is 1. The first-order valence-electron chi connectivity index (χ1n) is 8.41. The lowest BCUT2D eigenvalue weighted by atomic mass is 9.87. The molecule has 23 heavy (non-hydrogen) atoms. The lowest BCUT2D eigenvalue weighted by Gasteiger charge is -2.25. The third-order valence-corrected chi connectivity index (χ3v) is 5.01. The maximum atomic E-state index is 5.62. The molecule has 5 heteroatoms. The van der Waals surface area contributed by atoms with E-state index >= 15 is 0 Å². The van der Waals surface area contributed by atoms with Crippen molar-refractivity contribution in [3.63, 3.8) is 0 Å². The smallest absolute Gasteiger partial charge is 0.193 e. The second kappa shape index (κ2) is 6.79. The number of hydrogen-bond acceptors (Lipinski definition) is 3. The summed E-state index contributed by atoms with van der Waals surface area (Å²) in [5.74, 6) is 1.00. The van der Waals surface area contributed by atoms with Gasteiger partial charge in [0.25, 0.3) is 0 Å². The van der Waals surface area contributed by atoms with Crippen LogP contribution < -0.4 is 10.2 Å². The second-order valence-electron chi connectivity index (χ2n) is 6.94. The van der Waals surface area contributed by atoms with E-state index in [9.17, 15) is 0 Å². The molecule has 3 rings (SSSR count). The number of guanidine groups is 1. The lowest BCUT2D eigenvalue weighted by Crippen LogP contribution is -2.41. The summed E-state index contributed by atoms with van der Waals surface area (Å²) in [6.45, 7) is 4.75. The van der Waals surface area contributed by atoms with Crippen molar-refractivity contribution in [3.8, 4) is 0 Å².